The molecular weight excluding hydrogens is 1700 g/mol. The van der Waals surface area contributed by atoms with Crippen molar-refractivity contribution in [1.82, 2.24) is 93.9 Å². The lowest BCUT2D eigenvalue weighted by molar-refractivity contribution is 0.394. The molecule has 0 saturated carbocycles. The molecule has 0 atom stereocenters. The predicted octanol–water partition coefficient (Wildman–Crippen LogP) is 21.1. The van der Waals surface area contributed by atoms with Crippen LogP contribution in [0.3, 0.4) is 0 Å². The van der Waals surface area contributed by atoms with E-state index in [9.17, 15) is 4.39 Å². The summed E-state index contributed by atoms with van der Waals surface area (Å²) in [4.78, 5) is 51.4. The maximum atomic E-state index is 14.2. The van der Waals surface area contributed by atoms with Gasteiger partial charge in [-0.25, -0.2) is 29.3 Å². The third-order valence-electron chi connectivity index (χ3n) is 22.6. The second-order valence-electron chi connectivity index (χ2n) is 33.8. The van der Waals surface area contributed by atoms with Crippen LogP contribution in [0, 0.1) is 25.6 Å². The number of unbranched alkanes of at least 4 members (excludes halogenated alkanes) is 1. The number of benzene rings is 8. The molecule has 0 fully saturated rings. The fourth-order valence-electron chi connectivity index (χ4n) is 15.6. The zero-order valence-electron chi connectivity index (χ0n) is 80.4. The molecule has 31 heteroatoms. The molecule has 9 aromatic heterocycles. The monoisotopic (exact) mass is 1820 g/mol. The van der Waals surface area contributed by atoms with Crippen molar-refractivity contribution < 1.29 is 37.5 Å². The van der Waals surface area contributed by atoms with Crippen LogP contribution in [0.1, 0.15) is 98.6 Å². The van der Waals surface area contributed by atoms with Gasteiger partial charge in [0.15, 0.2) is 0 Å². The minimum Gasteiger partial charge on any atom is -0.497 e. The zero-order chi connectivity index (χ0) is 95.3. The average molecular weight is 1820 g/mol. The maximum absolute atomic E-state index is 14.2. The van der Waals surface area contributed by atoms with E-state index in [4.69, 9.17) is 53.1 Å². The second-order valence-corrected chi connectivity index (χ2v) is 33.8. The van der Waals surface area contributed by atoms with Crippen molar-refractivity contribution in [2.75, 3.05) is 102 Å². The van der Waals surface area contributed by atoms with Crippen LogP contribution in [-0.2, 0) is 27.2 Å². The van der Waals surface area contributed by atoms with Gasteiger partial charge >= 0.3 is 0 Å². The van der Waals surface area contributed by atoms with Crippen molar-refractivity contribution in [1.29, 1.82) is 0 Å². The lowest BCUT2D eigenvalue weighted by Crippen LogP contribution is -2.27. The smallest absolute Gasteiger partial charge is 0.128 e. The number of nitrogens with one attached hydrogen (secondary N) is 1. The number of halogens is 1. The van der Waals surface area contributed by atoms with E-state index in [1.165, 1.54) is 12.1 Å². The molecule has 0 aliphatic heterocycles. The van der Waals surface area contributed by atoms with E-state index >= 15 is 0 Å². The molecule has 1 N–H and O–H groups in total. The Balaban J connectivity index is 0.000000145. The van der Waals surface area contributed by atoms with E-state index in [-0.39, 0.29) is 11.9 Å². The molecular formula is C104H120FN23O7. The van der Waals surface area contributed by atoms with Crippen LogP contribution in [-0.4, -0.2) is 177 Å². The maximum Gasteiger partial charge on any atom is 0.128 e. The van der Waals surface area contributed by atoms with Gasteiger partial charge in [-0.2, -0.15) is 20.4 Å². The van der Waals surface area contributed by atoms with Gasteiger partial charge in [-0.05, 0) is 138 Å². The molecule has 0 amide bonds. The van der Waals surface area contributed by atoms with Gasteiger partial charge in [-0.15, -0.1) is 0 Å². The van der Waals surface area contributed by atoms with E-state index in [1.807, 2.05) is 184 Å². The van der Waals surface area contributed by atoms with Crippen molar-refractivity contribution in [2.45, 2.75) is 120 Å². The Morgan fingerprint density at radius 1 is 0.356 bits per heavy atom. The van der Waals surface area contributed by atoms with Crippen LogP contribution < -0.4 is 58.1 Å². The van der Waals surface area contributed by atoms with Crippen LogP contribution in [0.15, 0.2) is 226 Å². The number of imidazole rings is 1. The van der Waals surface area contributed by atoms with Gasteiger partial charge in [-0.1, -0.05) is 48.0 Å². The minimum atomic E-state index is -0.328. The number of rotatable bonds is 35. The minimum absolute atomic E-state index is 0.289. The first-order chi connectivity index (χ1) is 65.4. The summed E-state index contributed by atoms with van der Waals surface area (Å²) >= 11 is 0. The Kier molecular flexibility index (Phi) is 31.9. The van der Waals surface area contributed by atoms with Crippen LogP contribution in [0.25, 0.3) is 89.2 Å². The molecule has 0 aliphatic rings. The molecule has 0 spiro atoms. The first kappa shape index (κ1) is 95.9. The van der Waals surface area contributed by atoms with Crippen molar-refractivity contribution in [3.63, 3.8) is 0 Å². The second kappa shape index (κ2) is 44.9. The largest absolute Gasteiger partial charge is 0.497 e. The topological polar surface area (TPSA) is 282 Å². The van der Waals surface area contributed by atoms with Crippen LogP contribution in [0.2, 0.25) is 0 Å². The number of aryl methyl sites for hydroxylation is 4. The average Bonchev–Trinajstić information content (AvgIpc) is 1.71. The first-order valence-electron chi connectivity index (χ1n) is 45.4. The molecule has 0 saturated heterocycles. The summed E-state index contributed by atoms with van der Waals surface area (Å²) < 4.78 is 62.2. The highest BCUT2D eigenvalue weighted by Gasteiger charge is 2.22. The Bertz CT molecular complexity index is 6780. The molecule has 17 rings (SSSR count). The highest BCUT2D eigenvalue weighted by molar-refractivity contribution is 5.87. The van der Waals surface area contributed by atoms with E-state index < -0.39 is 0 Å². The summed E-state index contributed by atoms with van der Waals surface area (Å²) in [6.45, 7) is 26.9. The highest BCUT2D eigenvalue weighted by Crippen LogP contribution is 2.40. The Labute approximate surface area is 787 Å². The number of hydrogen-bond acceptors (Lipinski definition) is 25. The van der Waals surface area contributed by atoms with E-state index in [0.29, 0.717) is 24.3 Å². The normalized spacial score (nSPS) is 11.2. The number of hydrogen-bond donors (Lipinski definition) is 1. The number of aromatic nitrogens is 18. The first-order valence-corrected chi connectivity index (χ1v) is 45.4. The summed E-state index contributed by atoms with van der Waals surface area (Å²) in [6.07, 6.45) is 28.4. The van der Waals surface area contributed by atoms with Crippen molar-refractivity contribution in [3.8, 4) is 85.3 Å². The molecule has 0 radical (unpaired) electrons. The summed E-state index contributed by atoms with van der Waals surface area (Å²) in [7, 11) is 15.3. The quantitative estimate of drug-likeness (QED) is 0.0361. The molecule has 30 nitrogen and oxygen atoms in total. The number of anilines is 8. The molecule has 0 bridgehead atoms. The third kappa shape index (κ3) is 24.4. The molecule has 135 heavy (non-hydrogen) atoms. The standard InChI is InChI=1S/C28H36N6O2.C27H29N7O2.C26H31N5O2.C23H24FN5O/c1-19(2)29-10-7-11-33(23-12-24(35-5)15-25(13-23)36-6)22-8-9-26-27(14-22)32-28(17-30-26)21-16-31-34(18-21)20(3)4;1-18-16-33(19(2)30-18)8-9-34(22-10-23(35-4)13-24(11-22)36-5)21-6-7-25-26(12-21)31-27(15-28-25)20-14-29-32(3)17-20;1-6-9-31(21-10-22(32-4)13-23(11-21)33-5)20-7-8-24-25(12-20)29-26(15-27-24)19-14-28-30(17-19)16-18(2)3;1-4-5-8-29(19-9-17(24)10-20(11-19)30-3)18-6-7-21-22(12-18)27-23(14-25-21)16-13-26-28(2)15-16/h8-9,12-20,29H,7,10-11H2,1-6H3;6-7,10-17H,8-9H2,1-5H3;7-8,10-15,17-18H,6,9,16H2,1-5H3;6-7,9-15H,4-5,8H2,1-3H3. The Morgan fingerprint density at radius 3 is 1.07 bits per heavy atom. The molecule has 9 heterocycles. The van der Waals surface area contributed by atoms with Gasteiger partial charge in [0, 0.05) is 231 Å². The summed E-state index contributed by atoms with van der Waals surface area (Å²) in [5.74, 6) is 6.14. The van der Waals surface area contributed by atoms with Gasteiger partial charge in [0.25, 0.3) is 0 Å². The molecule has 700 valence electrons. The lowest BCUT2D eigenvalue weighted by Gasteiger charge is -2.26. The highest BCUT2D eigenvalue weighted by atomic mass is 19.1. The number of ether oxygens (including phenoxy) is 7. The Morgan fingerprint density at radius 2 is 0.719 bits per heavy atom. The van der Waals surface area contributed by atoms with Gasteiger partial charge < -0.3 is 62.6 Å². The third-order valence-corrected chi connectivity index (χ3v) is 22.6. The summed E-state index contributed by atoms with van der Waals surface area (Å²) in [5, 5.41) is 20.9. The van der Waals surface area contributed by atoms with Gasteiger partial charge in [-0.3, -0.25) is 38.7 Å². The lowest BCUT2D eigenvalue weighted by atomic mass is 10.1. The number of methoxy groups -OCH3 is 7. The Hall–Kier alpha value is -15.1. The summed E-state index contributed by atoms with van der Waals surface area (Å²) in [6, 6.07) is 47.7. The number of fused-ring (bicyclic) bond motifs is 4. The molecule has 17 aromatic rings. The number of nitrogens with zero attached hydrogens (tertiary/aromatic N) is 22. The predicted molar refractivity (Wildman–Crippen MR) is 534 cm³/mol. The van der Waals surface area contributed by atoms with Crippen molar-refractivity contribution >= 4 is 89.6 Å². The SMILES string of the molecule is CCCCN(c1cc(F)cc(OC)c1)c1ccc2ncc(-c3cnn(C)c3)nc2c1.CCCN(c1cc(OC)cc(OC)c1)c1ccc2ncc(-c3cnn(CC(C)C)c3)nc2c1.COc1cc(OC)cc(N(CCCNC(C)C)c2ccc3ncc(-c4cnn(C(C)C)c4)nc3c2)c1.COc1cc(OC)cc(N(CCn2cc(C)nc2C)c2ccc3ncc(-c4cnn(C)c4)nc3c2)c1. The van der Waals surface area contributed by atoms with Crippen LogP contribution >= 0.6 is 0 Å². The van der Waals surface area contributed by atoms with Crippen molar-refractivity contribution in [2.24, 2.45) is 20.0 Å². The van der Waals surface area contributed by atoms with Gasteiger partial charge in [0.05, 0.1) is 172 Å². The van der Waals surface area contributed by atoms with Gasteiger partial charge in [0.2, 0.25) is 0 Å². The van der Waals surface area contributed by atoms with Crippen molar-refractivity contribution in [3.05, 3.63) is 243 Å². The van der Waals surface area contributed by atoms with Crippen LogP contribution in [0.5, 0.6) is 40.2 Å². The van der Waals surface area contributed by atoms with Crippen LogP contribution in [0.4, 0.5) is 49.9 Å². The molecule has 0 unspecified atom stereocenters. The van der Waals surface area contributed by atoms with Gasteiger partial charge in [0.1, 0.15) is 51.9 Å². The zero-order valence-corrected chi connectivity index (χ0v) is 80.4. The fourth-order valence-corrected chi connectivity index (χ4v) is 15.6. The molecule has 0 aliphatic carbocycles. The van der Waals surface area contributed by atoms with E-state index in [2.05, 4.69) is 173 Å². The van der Waals surface area contributed by atoms with E-state index in [0.717, 1.165) is 246 Å². The summed E-state index contributed by atoms with van der Waals surface area (Å²) in [5.41, 5.74) is 22.3. The van der Waals surface area contributed by atoms with E-state index in [1.54, 1.807) is 83.9 Å². The fraction of sp³-hybridized carbons (Fsp3) is 0.317. The molecule has 8 aromatic carbocycles.